The quantitative estimate of drug-likeness (QED) is 0.133. The number of alkyl carbamates (subject to hydrolysis) is 2. The number of allylic oxidation sites excluding steroid dienone is 1. The Morgan fingerprint density at radius 1 is 0.667 bits per heavy atom. The zero-order valence-corrected chi connectivity index (χ0v) is 33.3. The van der Waals surface area contributed by atoms with Crippen LogP contribution in [0, 0.1) is 0 Å². The molecule has 3 aromatic heterocycles. The maximum atomic E-state index is 13.9. The van der Waals surface area contributed by atoms with Gasteiger partial charge in [-0.2, -0.15) is 0 Å². The molecule has 3 aliphatic heterocycles. The average Bonchev–Trinajstić information content (AvgIpc) is 4.15. The Kier molecular flexibility index (Phi) is 11.7. The van der Waals surface area contributed by atoms with Gasteiger partial charge in [0.1, 0.15) is 17.9 Å². The van der Waals surface area contributed by atoms with E-state index in [2.05, 4.69) is 20.6 Å². The fraction of sp³-hybridized carbons (Fsp3) is 0.289. The Morgan fingerprint density at radius 2 is 1.20 bits per heavy atom. The van der Waals surface area contributed by atoms with Crippen LogP contribution in [-0.2, 0) is 19.1 Å². The number of carbonyl (C=O) groups is 4. The maximum absolute atomic E-state index is 13.9. The van der Waals surface area contributed by atoms with Crippen molar-refractivity contribution in [3.8, 4) is 22.6 Å². The molecular formula is C45H45N9O6. The maximum Gasteiger partial charge on any atom is 0.407 e. The second kappa shape index (κ2) is 17.8. The third kappa shape index (κ3) is 8.37. The summed E-state index contributed by atoms with van der Waals surface area (Å²) in [4.78, 5) is 78.1. The monoisotopic (exact) mass is 807 g/mol. The minimum Gasteiger partial charge on any atom is -0.453 e. The molecule has 306 valence electrons. The van der Waals surface area contributed by atoms with Gasteiger partial charge in [0, 0.05) is 49.4 Å². The number of aliphatic imine (C=N–C) groups is 1. The third-order valence-corrected chi connectivity index (χ3v) is 11.3. The first-order chi connectivity index (χ1) is 29.3. The number of methoxy groups -OCH3 is 2. The standard InChI is InChI=1S/C45H45N9O6/c1-59-44(57)51-39(28-11-5-3-6-12-28)42(55)53-21-9-15-37(53)35-23-32(26-48-35)30-17-19-33(46-24-30)34-20-18-31(25-47-34)36-27-49-41(50-36)38-16-10-22-54(38)43(56)40(52-45(58)60-2)29-13-7-4-8-14-29/h3-8,11-14,17-20,24-27,37-40H,9-10,15-16,21-23H2,1-2H3,(H,49,50)(H,51,57)(H,52,58)/t37-,38-,39+,40+/m0/s1. The predicted molar refractivity (Wildman–Crippen MR) is 223 cm³/mol. The lowest BCUT2D eigenvalue weighted by Gasteiger charge is -2.29. The van der Waals surface area contributed by atoms with E-state index in [1.54, 1.807) is 29.4 Å². The fourth-order valence-electron chi connectivity index (χ4n) is 8.16. The molecule has 2 saturated heterocycles. The number of aromatic amines is 1. The molecular weight excluding hydrogens is 763 g/mol. The zero-order valence-electron chi connectivity index (χ0n) is 33.3. The smallest absolute Gasteiger partial charge is 0.407 e. The van der Waals surface area contributed by atoms with Crippen molar-refractivity contribution >= 4 is 35.3 Å². The van der Waals surface area contributed by atoms with Crippen LogP contribution in [0.25, 0.3) is 28.2 Å². The molecule has 0 aliphatic carbocycles. The van der Waals surface area contributed by atoms with Crippen LogP contribution in [0.15, 0.2) is 115 Å². The van der Waals surface area contributed by atoms with E-state index in [1.807, 2.05) is 90.1 Å². The molecule has 3 N–H and O–H groups in total. The molecule has 0 spiro atoms. The van der Waals surface area contributed by atoms with Crippen LogP contribution in [0.5, 0.6) is 0 Å². The van der Waals surface area contributed by atoms with Crippen LogP contribution in [-0.4, -0.2) is 92.8 Å². The van der Waals surface area contributed by atoms with Gasteiger partial charge in [0.2, 0.25) is 5.91 Å². The highest BCUT2D eigenvalue weighted by molar-refractivity contribution is 6.04. The number of nitrogens with zero attached hydrogens (tertiary/aromatic N) is 6. The lowest BCUT2D eigenvalue weighted by Crippen LogP contribution is -2.47. The Morgan fingerprint density at radius 3 is 1.73 bits per heavy atom. The normalized spacial score (nSPS) is 18.3. The number of carbonyl (C=O) groups excluding carboxylic acids is 4. The van der Waals surface area contributed by atoms with Gasteiger partial charge in [0.25, 0.3) is 5.91 Å². The van der Waals surface area contributed by atoms with Gasteiger partial charge < -0.3 is 34.9 Å². The van der Waals surface area contributed by atoms with E-state index in [9.17, 15) is 19.2 Å². The van der Waals surface area contributed by atoms with Crippen LogP contribution in [0.2, 0.25) is 0 Å². The van der Waals surface area contributed by atoms with Crippen LogP contribution in [0.4, 0.5) is 9.59 Å². The molecule has 0 saturated carbocycles. The second-order valence-electron chi connectivity index (χ2n) is 14.8. The topological polar surface area (TPSA) is 184 Å². The third-order valence-electron chi connectivity index (χ3n) is 11.3. The SMILES string of the molecule is COC(=O)N[C@@H](C(=O)N1CCC[C@H]1C1=NC=C(c2ccc(-c3ccc(-c4cnc([C@@H]5CCCN5C(=O)[C@H](NC(=O)OC)c5ccccc5)[nH]4)cn3)nc2)C1)c1ccccc1. The Labute approximate surface area is 347 Å². The molecule has 5 aromatic rings. The number of benzene rings is 2. The van der Waals surface area contributed by atoms with Crippen LogP contribution in [0.3, 0.4) is 0 Å². The summed E-state index contributed by atoms with van der Waals surface area (Å²) in [6.07, 6.45) is 9.56. The molecule has 0 radical (unpaired) electrons. The van der Waals surface area contributed by atoms with Crippen molar-refractivity contribution < 1.29 is 28.7 Å². The van der Waals surface area contributed by atoms with E-state index in [4.69, 9.17) is 24.4 Å². The molecule has 3 aliphatic rings. The fourth-order valence-corrected chi connectivity index (χ4v) is 8.16. The summed E-state index contributed by atoms with van der Waals surface area (Å²) in [5, 5.41) is 5.42. The highest BCUT2D eigenvalue weighted by Crippen LogP contribution is 2.35. The summed E-state index contributed by atoms with van der Waals surface area (Å²) < 4.78 is 9.65. The van der Waals surface area contributed by atoms with Crippen molar-refractivity contribution in [3.05, 3.63) is 132 Å². The number of imidazole rings is 1. The number of hydrogen-bond acceptors (Lipinski definition) is 10. The largest absolute Gasteiger partial charge is 0.453 e. The highest BCUT2D eigenvalue weighted by atomic mass is 16.5. The van der Waals surface area contributed by atoms with Gasteiger partial charge >= 0.3 is 12.2 Å². The molecule has 60 heavy (non-hydrogen) atoms. The highest BCUT2D eigenvalue weighted by Gasteiger charge is 2.39. The van der Waals surface area contributed by atoms with Gasteiger partial charge in [-0.3, -0.25) is 24.5 Å². The number of hydrogen-bond donors (Lipinski definition) is 3. The lowest BCUT2D eigenvalue weighted by molar-refractivity contribution is -0.135. The zero-order chi connectivity index (χ0) is 41.6. The first-order valence-electron chi connectivity index (χ1n) is 19.9. The molecule has 4 atom stereocenters. The predicted octanol–water partition coefficient (Wildman–Crippen LogP) is 6.57. The van der Waals surface area contributed by atoms with E-state index in [0.717, 1.165) is 53.8 Å². The Balaban J connectivity index is 0.900. The number of aromatic nitrogens is 4. The summed E-state index contributed by atoms with van der Waals surface area (Å²) in [5.41, 5.74) is 7.20. The van der Waals surface area contributed by atoms with Gasteiger partial charge in [-0.1, -0.05) is 66.7 Å². The van der Waals surface area contributed by atoms with Crippen molar-refractivity contribution in [3.63, 3.8) is 0 Å². The van der Waals surface area contributed by atoms with Crippen molar-refractivity contribution in [2.45, 2.75) is 56.3 Å². The van der Waals surface area contributed by atoms with Gasteiger partial charge in [-0.15, -0.1) is 0 Å². The van der Waals surface area contributed by atoms with Gasteiger partial charge in [0.05, 0.1) is 49.6 Å². The van der Waals surface area contributed by atoms with Crippen molar-refractivity contribution in [2.75, 3.05) is 27.3 Å². The molecule has 4 amide bonds. The minimum atomic E-state index is -0.897. The van der Waals surface area contributed by atoms with E-state index in [1.165, 1.54) is 14.2 Å². The summed E-state index contributed by atoms with van der Waals surface area (Å²) in [5.74, 6) is 0.234. The minimum absolute atomic E-state index is 0.181. The summed E-state index contributed by atoms with van der Waals surface area (Å²) in [6.45, 7) is 1.10. The average molecular weight is 808 g/mol. The Hall–Kier alpha value is -7.16. The van der Waals surface area contributed by atoms with Gasteiger partial charge in [0.15, 0.2) is 0 Å². The molecule has 8 rings (SSSR count). The number of ether oxygens (including phenoxy) is 2. The van der Waals surface area contributed by atoms with Crippen molar-refractivity contribution in [2.24, 2.45) is 4.99 Å². The van der Waals surface area contributed by atoms with E-state index in [0.29, 0.717) is 47.8 Å². The van der Waals surface area contributed by atoms with Crippen LogP contribution >= 0.6 is 0 Å². The number of likely N-dealkylation sites (tertiary alicyclic amines) is 2. The van der Waals surface area contributed by atoms with Crippen LogP contribution < -0.4 is 10.6 Å². The van der Waals surface area contributed by atoms with Crippen molar-refractivity contribution in [1.29, 1.82) is 0 Å². The second-order valence-corrected chi connectivity index (χ2v) is 14.8. The summed E-state index contributed by atoms with van der Waals surface area (Å²) >= 11 is 0. The first-order valence-corrected chi connectivity index (χ1v) is 19.9. The van der Waals surface area contributed by atoms with Crippen molar-refractivity contribution in [1.82, 2.24) is 40.4 Å². The number of amides is 4. The number of nitrogens with one attached hydrogen (secondary N) is 3. The molecule has 15 heteroatoms. The molecule has 0 bridgehead atoms. The van der Waals surface area contributed by atoms with E-state index < -0.39 is 24.3 Å². The first kappa shape index (κ1) is 39.7. The molecule has 0 unspecified atom stereocenters. The molecule has 15 nitrogen and oxygen atoms in total. The molecule has 2 fully saturated rings. The van der Waals surface area contributed by atoms with E-state index >= 15 is 0 Å². The molecule has 6 heterocycles. The lowest BCUT2D eigenvalue weighted by atomic mass is 9.98. The number of H-pyrrole nitrogens is 1. The number of rotatable bonds is 11. The van der Waals surface area contributed by atoms with Gasteiger partial charge in [-0.05, 0) is 66.1 Å². The van der Waals surface area contributed by atoms with E-state index in [-0.39, 0.29) is 23.9 Å². The van der Waals surface area contributed by atoms with Gasteiger partial charge in [-0.25, -0.2) is 14.6 Å². The Bertz CT molecular complexity index is 2400. The summed E-state index contributed by atoms with van der Waals surface area (Å²) in [6, 6.07) is 23.9. The molecule has 2 aromatic carbocycles. The number of pyridine rings is 2. The van der Waals surface area contributed by atoms with Crippen LogP contribution in [0.1, 0.15) is 72.7 Å². The summed E-state index contributed by atoms with van der Waals surface area (Å²) in [7, 11) is 2.55.